The normalized spacial score (nSPS) is 30.9. The molecule has 0 amide bonds. The molecule has 10 heavy (non-hydrogen) atoms. The van der Waals surface area contributed by atoms with Gasteiger partial charge < -0.3 is 11.1 Å². The number of likely N-dealkylation sites (tertiary alicyclic amines) is 1. The van der Waals surface area contributed by atoms with Gasteiger partial charge in [-0.3, -0.25) is 4.90 Å². The third kappa shape index (κ3) is 0.713. The van der Waals surface area contributed by atoms with Crippen LogP contribution in [0, 0.1) is 0 Å². The van der Waals surface area contributed by atoms with E-state index in [1.54, 1.807) is 0 Å². The minimum absolute atomic E-state index is 0.359. The van der Waals surface area contributed by atoms with Gasteiger partial charge in [-0.2, -0.15) is 0 Å². The predicted molar refractivity (Wildman–Crippen MR) is 40.8 cm³/mol. The molecular formula is C7H15N3. The van der Waals surface area contributed by atoms with Crippen molar-refractivity contribution in [2.45, 2.75) is 12.0 Å². The van der Waals surface area contributed by atoms with E-state index in [2.05, 4.69) is 10.2 Å². The van der Waals surface area contributed by atoms with E-state index < -0.39 is 0 Å². The Hall–Kier alpha value is -0.120. The summed E-state index contributed by atoms with van der Waals surface area (Å²) in [5.74, 6) is 0. The van der Waals surface area contributed by atoms with Crippen LogP contribution in [-0.2, 0) is 0 Å². The second kappa shape index (κ2) is 2.19. The fourth-order valence-corrected chi connectivity index (χ4v) is 1.70. The quantitative estimate of drug-likeness (QED) is 0.518. The van der Waals surface area contributed by atoms with Crippen LogP contribution in [-0.4, -0.2) is 43.2 Å². The molecule has 0 aromatic carbocycles. The van der Waals surface area contributed by atoms with Gasteiger partial charge in [-0.25, -0.2) is 0 Å². The van der Waals surface area contributed by atoms with Gasteiger partial charge in [0.05, 0.1) is 5.54 Å². The summed E-state index contributed by atoms with van der Waals surface area (Å²) in [6.45, 7) is 5.55. The number of nitrogens with one attached hydrogen (secondary N) is 1. The summed E-state index contributed by atoms with van der Waals surface area (Å²) < 4.78 is 0. The van der Waals surface area contributed by atoms with Crippen molar-refractivity contribution < 1.29 is 0 Å². The molecule has 2 rings (SSSR count). The molecule has 2 aliphatic heterocycles. The Morgan fingerprint density at radius 1 is 1.40 bits per heavy atom. The molecule has 2 saturated heterocycles. The zero-order valence-electron chi connectivity index (χ0n) is 6.27. The molecule has 0 atom stereocenters. The van der Waals surface area contributed by atoms with E-state index in [0.717, 1.165) is 19.6 Å². The van der Waals surface area contributed by atoms with E-state index in [9.17, 15) is 0 Å². The van der Waals surface area contributed by atoms with Crippen molar-refractivity contribution in [2.24, 2.45) is 5.73 Å². The minimum Gasteiger partial charge on any atom is -0.329 e. The third-order valence-electron chi connectivity index (χ3n) is 2.81. The second-order valence-electron chi connectivity index (χ2n) is 3.37. The van der Waals surface area contributed by atoms with E-state index in [1.165, 1.54) is 19.5 Å². The molecule has 3 N–H and O–H groups in total. The number of nitrogens with zero attached hydrogens (tertiary/aromatic N) is 1. The lowest BCUT2D eigenvalue weighted by Gasteiger charge is -2.54. The Labute approximate surface area is 61.6 Å². The summed E-state index contributed by atoms with van der Waals surface area (Å²) in [5, 5.41) is 3.28. The van der Waals surface area contributed by atoms with Crippen molar-refractivity contribution in [2.75, 3.05) is 32.7 Å². The van der Waals surface area contributed by atoms with E-state index >= 15 is 0 Å². The van der Waals surface area contributed by atoms with Crippen LogP contribution in [0.3, 0.4) is 0 Å². The topological polar surface area (TPSA) is 41.3 Å². The Balaban J connectivity index is 1.96. The van der Waals surface area contributed by atoms with Crippen LogP contribution in [0.25, 0.3) is 0 Å². The van der Waals surface area contributed by atoms with Crippen LogP contribution in [0.4, 0.5) is 0 Å². The van der Waals surface area contributed by atoms with Gasteiger partial charge in [0, 0.05) is 32.7 Å². The summed E-state index contributed by atoms with van der Waals surface area (Å²) in [7, 11) is 0. The summed E-state index contributed by atoms with van der Waals surface area (Å²) >= 11 is 0. The number of hydrogen-bond donors (Lipinski definition) is 2. The predicted octanol–water partition coefficient (Wildman–Crippen LogP) is -1.01. The summed E-state index contributed by atoms with van der Waals surface area (Å²) in [4.78, 5) is 2.50. The second-order valence-corrected chi connectivity index (χ2v) is 3.37. The Kier molecular flexibility index (Phi) is 1.44. The van der Waals surface area contributed by atoms with Gasteiger partial charge in [-0.05, 0) is 6.42 Å². The van der Waals surface area contributed by atoms with Crippen LogP contribution in [0.5, 0.6) is 0 Å². The van der Waals surface area contributed by atoms with Gasteiger partial charge in [0.15, 0.2) is 0 Å². The van der Waals surface area contributed by atoms with Gasteiger partial charge in [-0.1, -0.05) is 0 Å². The van der Waals surface area contributed by atoms with Crippen LogP contribution >= 0.6 is 0 Å². The fourth-order valence-electron chi connectivity index (χ4n) is 1.70. The maximum Gasteiger partial charge on any atom is 0.0581 e. The van der Waals surface area contributed by atoms with Crippen molar-refractivity contribution in [3.8, 4) is 0 Å². The monoisotopic (exact) mass is 141 g/mol. The molecule has 0 aliphatic carbocycles. The maximum atomic E-state index is 5.70. The first-order chi connectivity index (χ1) is 4.87. The molecule has 0 spiro atoms. The molecule has 0 saturated carbocycles. The molecule has 58 valence electrons. The first-order valence-electron chi connectivity index (χ1n) is 4.03. The average Bonchev–Trinajstić information content (AvgIpc) is 1.73. The highest BCUT2D eigenvalue weighted by molar-refractivity contribution is 5.05. The van der Waals surface area contributed by atoms with Crippen molar-refractivity contribution >= 4 is 0 Å². The summed E-state index contributed by atoms with van der Waals surface area (Å²) in [6, 6.07) is 0. The largest absolute Gasteiger partial charge is 0.329 e. The highest BCUT2D eigenvalue weighted by atomic mass is 15.3. The first-order valence-corrected chi connectivity index (χ1v) is 4.03. The van der Waals surface area contributed by atoms with E-state index in [1.807, 2.05) is 0 Å². The molecule has 2 aliphatic rings. The SMILES string of the molecule is NCC1(N2CCC2)CNC1. The van der Waals surface area contributed by atoms with E-state index in [0.29, 0.717) is 5.54 Å². The van der Waals surface area contributed by atoms with Gasteiger partial charge in [0.25, 0.3) is 0 Å². The lowest BCUT2D eigenvalue weighted by molar-refractivity contribution is -0.00281. The third-order valence-corrected chi connectivity index (χ3v) is 2.81. The van der Waals surface area contributed by atoms with Gasteiger partial charge in [0.1, 0.15) is 0 Å². The van der Waals surface area contributed by atoms with Crippen LogP contribution in [0.2, 0.25) is 0 Å². The molecule has 3 nitrogen and oxygen atoms in total. The Morgan fingerprint density at radius 3 is 2.20 bits per heavy atom. The Morgan fingerprint density at radius 2 is 2.10 bits per heavy atom. The molecule has 0 bridgehead atoms. The minimum atomic E-state index is 0.359. The van der Waals surface area contributed by atoms with Crippen LogP contribution in [0.15, 0.2) is 0 Å². The summed E-state index contributed by atoms with van der Waals surface area (Å²) in [5.41, 5.74) is 6.06. The highest BCUT2D eigenvalue weighted by Crippen LogP contribution is 2.24. The lowest BCUT2D eigenvalue weighted by atomic mass is 9.87. The van der Waals surface area contributed by atoms with Crippen molar-refractivity contribution in [3.63, 3.8) is 0 Å². The number of rotatable bonds is 2. The Bertz CT molecular complexity index is 121. The lowest BCUT2D eigenvalue weighted by Crippen LogP contribution is -2.74. The standard InChI is InChI=1S/C7H15N3/c8-4-7(5-9-6-7)10-2-1-3-10/h9H,1-6,8H2. The van der Waals surface area contributed by atoms with Gasteiger partial charge in [0.2, 0.25) is 0 Å². The van der Waals surface area contributed by atoms with Crippen LogP contribution in [0.1, 0.15) is 6.42 Å². The smallest absolute Gasteiger partial charge is 0.0581 e. The molecule has 3 heteroatoms. The molecule has 0 unspecified atom stereocenters. The van der Waals surface area contributed by atoms with Gasteiger partial charge >= 0.3 is 0 Å². The molecule has 2 fully saturated rings. The van der Waals surface area contributed by atoms with Gasteiger partial charge in [-0.15, -0.1) is 0 Å². The average molecular weight is 141 g/mol. The molecule has 0 radical (unpaired) electrons. The van der Waals surface area contributed by atoms with Crippen molar-refractivity contribution in [1.29, 1.82) is 0 Å². The van der Waals surface area contributed by atoms with E-state index in [4.69, 9.17) is 5.73 Å². The van der Waals surface area contributed by atoms with Crippen LogP contribution < -0.4 is 11.1 Å². The molecule has 2 heterocycles. The zero-order chi connectivity index (χ0) is 7.03. The molecular weight excluding hydrogens is 126 g/mol. The molecule has 0 aromatic rings. The first kappa shape index (κ1) is 6.58. The molecule has 0 aromatic heterocycles. The van der Waals surface area contributed by atoms with Crippen molar-refractivity contribution in [1.82, 2.24) is 10.2 Å². The van der Waals surface area contributed by atoms with E-state index in [-0.39, 0.29) is 0 Å². The zero-order valence-corrected chi connectivity index (χ0v) is 6.27. The fraction of sp³-hybridized carbons (Fsp3) is 1.00. The summed E-state index contributed by atoms with van der Waals surface area (Å²) in [6.07, 6.45) is 1.36. The number of hydrogen-bond acceptors (Lipinski definition) is 3. The number of nitrogens with two attached hydrogens (primary N) is 1. The maximum absolute atomic E-state index is 5.70. The van der Waals surface area contributed by atoms with Crippen molar-refractivity contribution in [3.05, 3.63) is 0 Å². The highest BCUT2D eigenvalue weighted by Gasteiger charge is 2.43.